The minimum absolute atomic E-state index is 0.224. The van der Waals surface area contributed by atoms with Gasteiger partial charge in [0.05, 0.1) is 18.8 Å². The Balaban J connectivity index is 1.62. The van der Waals surface area contributed by atoms with Crippen molar-refractivity contribution < 1.29 is 9.84 Å². The summed E-state index contributed by atoms with van der Waals surface area (Å²) in [4.78, 5) is 2.30. The summed E-state index contributed by atoms with van der Waals surface area (Å²) < 4.78 is 5.72. The van der Waals surface area contributed by atoms with E-state index in [0.717, 1.165) is 32.7 Å². The van der Waals surface area contributed by atoms with Crippen molar-refractivity contribution in [2.45, 2.75) is 38.1 Å². The van der Waals surface area contributed by atoms with Crippen molar-refractivity contribution >= 4 is 0 Å². The van der Waals surface area contributed by atoms with E-state index in [1.54, 1.807) is 0 Å². The van der Waals surface area contributed by atoms with E-state index in [4.69, 9.17) is 4.74 Å². The molecule has 1 atom stereocenters. The monoisotopic (exact) mass is 243 g/mol. The lowest BCUT2D eigenvalue weighted by Gasteiger charge is -2.44. The second-order valence-electron chi connectivity index (χ2n) is 5.36. The van der Waals surface area contributed by atoms with E-state index in [1.165, 1.54) is 0 Å². The highest BCUT2D eigenvalue weighted by Gasteiger charge is 2.33. The largest absolute Gasteiger partial charge is 0.395 e. The molecule has 2 fully saturated rings. The van der Waals surface area contributed by atoms with E-state index in [2.05, 4.69) is 29.4 Å². The molecule has 2 aliphatic heterocycles. The molecule has 0 aliphatic carbocycles. The normalized spacial score (nSPS) is 24.7. The van der Waals surface area contributed by atoms with Gasteiger partial charge in [0.25, 0.3) is 0 Å². The average Bonchev–Trinajstić information content (AvgIpc) is 2.16. The molecule has 0 bridgehead atoms. The molecular formula is C12H25N3O2. The first kappa shape index (κ1) is 13.2. The number of ether oxygens (including phenoxy) is 1. The van der Waals surface area contributed by atoms with Gasteiger partial charge < -0.3 is 20.5 Å². The number of rotatable bonds is 7. The first-order valence-corrected chi connectivity index (χ1v) is 6.63. The van der Waals surface area contributed by atoms with Crippen LogP contribution in [0.5, 0.6) is 0 Å². The van der Waals surface area contributed by atoms with E-state index in [9.17, 15) is 5.11 Å². The van der Waals surface area contributed by atoms with Crippen LogP contribution in [0.25, 0.3) is 0 Å². The fraction of sp³-hybridized carbons (Fsp3) is 1.00. The van der Waals surface area contributed by atoms with Gasteiger partial charge in [-0.15, -0.1) is 0 Å². The lowest BCUT2D eigenvalue weighted by Crippen LogP contribution is -2.63. The standard InChI is InChI=1S/C12H25N3O2/c1-9(2)17-12-6-15(7-12)11(8-16)5-14-10-3-13-4-10/h9-14,16H,3-8H2,1-2H3. The maximum Gasteiger partial charge on any atom is 0.0832 e. The van der Waals surface area contributed by atoms with Crippen LogP contribution in [0.15, 0.2) is 0 Å². The molecule has 0 radical (unpaired) electrons. The molecule has 2 rings (SSSR count). The highest BCUT2D eigenvalue weighted by atomic mass is 16.5. The van der Waals surface area contributed by atoms with Crippen LogP contribution in [0.1, 0.15) is 13.8 Å². The van der Waals surface area contributed by atoms with Gasteiger partial charge in [-0.1, -0.05) is 0 Å². The van der Waals surface area contributed by atoms with Gasteiger partial charge in [0.15, 0.2) is 0 Å². The molecule has 0 aromatic heterocycles. The summed E-state index contributed by atoms with van der Waals surface area (Å²) in [6.45, 7) is 9.24. The number of hydrogen-bond acceptors (Lipinski definition) is 5. The van der Waals surface area contributed by atoms with Crippen molar-refractivity contribution in [3.8, 4) is 0 Å². The van der Waals surface area contributed by atoms with E-state index in [1.807, 2.05) is 0 Å². The Labute approximate surface area is 104 Å². The lowest BCUT2D eigenvalue weighted by molar-refractivity contribution is -0.100. The fourth-order valence-corrected chi connectivity index (χ4v) is 2.28. The Morgan fingerprint density at radius 2 is 2.12 bits per heavy atom. The third kappa shape index (κ3) is 3.63. The van der Waals surface area contributed by atoms with E-state index in [-0.39, 0.29) is 12.6 Å². The van der Waals surface area contributed by atoms with Gasteiger partial charge in [-0.3, -0.25) is 4.90 Å². The molecular weight excluding hydrogens is 218 g/mol. The van der Waals surface area contributed by atoms with Crippen LogP contribution in [0.4, 0.5) is 0 Å². The van der Waals surface area contributed by atoms with Crippen LogP contribution in [0, 0.1) is 0 Å². The molecule has 0 spiro atoms. The number of likely N-dealkylation sites (tertiary alicyclic amines) is 1. The number of aliphatic hydroxyl groups is 1. The summed E-state index contributed by atoms with van der Waals surface area (Å²) in [5.41, 5.74) is 0. The highest BCUT2D eigenvalue weighted by molar-refractivity contribution is 4.89. The topological polar surface area (TPSA) is 56.8 Å². The second-order valence-corrected chi connectivity index (χ2v) is 5.36. The van der Waals surface area contributed by atoms with Crippen LogP contribution < -0.4 is 10.6 Å². The fourth-order valence-electron chi connectivity index (χ4n) is 2.28. The van der Waals surface area contributed by atoms with Crippen molar-refractivity contribution in [3.05, 3.63) is 0 Å². The third-order valence-electron chi connectivity index (χ3n) is 3.49. The molecule has 3 N–H and O–H groups in total. The summed E-state index contributed by atoms with van der Waals surface area (Å²) in [5, 5.41) is 16.1. The zero-order valence-corrected chi connectivity index (χ0v) is 10.9. The molecule has 0 aromatic rings. The summed E-state index contributed by atoms with van der Waals surface area (Å²) in [6.07, 6.45) is 0.656. The lowest BCUT2D eigenvalue weighted by atomic mass is 10.1. The van der Waals surface area contributed by atoms with Gasteiger partial charge in [-0.05, 0) is 13.8 Å². The summed E-state index contributed by atoms with van der Waals surface area (Å²) >= 11 is 0. The Morgan fingerprint density at radius 1 is 1.41 bits per heavy atom. The third-order valence-corrected chi connectivity index (χ3v) is 3.49. The number of nitrogens with zero attached hydrogens (tertiary/aromatic N) is 1. The van der Waals surface area contributed by atoms with Gasteiger partial charge in [-0.2, -0.15) is 0 Å². The van der Waals surface area contributed by atoms with Gasteiger partial charge in [0.1, 0.15) is 0 Å². The van der Waals surface area contributed by atoms with Crippen molar-refractivity contribution in [2.24, 2.45) is 0 Å². The number of nitrogens with one attached hydrogen (secondary N) is 2. The van der Waals surface area contributed by atoms with Crippen LogP contribution >= 0.6 is 0 Å². The molecule has 2 saturated heterocycles. The minimum Gasteiger partial charge on any atom is -0.395 e. The Morgan fingerprint density at radius 3 is 2.59 bits per heavy atom. The van der Waals surface area contributed by atoms with Crippen LogP contribution in [0.3, 0.4) is 0 Å². The maximum absolute atomic E-state index is 9.40. The van der Waals surface area contributed by atoms with E-state index in [0.29, 0.717) is 18.2 Å². The van der Waals surface area contributed by atoms with E-state index >= 15 is 0 Å². The average molecular weight is 243 g/mol. The molecule has 17 heavy (non-hydrogen) atoms. The molecule has 0 amide bonds. The molecule has 2 heterocycles. The van der Waals surface area contributed by atoms with Crippen molar-refractivity contribution in [2.75, 3.05) is 39.3 Å². The molecule has 2 aliphatic rings. The minimum atomic E-state index is 0.224. The van der Waals surface area contributed by atoms with Gasteiger partial charge in [0.2, 0.25) is 0 Å². The quantitative estimate of drug-likeness (QED) is 0.536. The first-order valence-electron chi connectivity index (χ1n) is 6.63. The van der Waals surface area contributed by atoms with Crippen LogP contribution in [-0.2, 0) is 4.74 Å². The molecule has 100 valence electrons. The van der Waals surface area contributed by atoms with Gasteiger partial charge >= 0.3 is 0 Å². The summed E-state index contributed by atoms with van der Waals surface area (Å²) in [7, 11) is 0. The summed E-state index contributed by atoms with van der Waals surface area (Å²) in [6, 6.07) is 0.829. The zero-order valence-electron chi connectivity index (χ0n) is 10.9. The Bertz CT molecular complexity index is 228. The SMILES string of the molecule is CC(C)OC1CN(C(CO)CNC2CNC2)C1. The molecule has 1 unspecified atom stereocenters. The smallest absolute Gasteiger partial charge is 0.0832 e. The summed E-state index contributed by atoms with van der Waals surface area (Å²) in [5.74, 6) is 0. The van der Waals surface area contributed by atoms with Crippen LogP contribution in [-0.4, -0.2) is 73.6 Å². The van der Waals surface area contributed by atoms with E-state index < -0.39 is 0 Å². The Hall–Kier alpha value is -0.200. The van der Waals surface area contributed by atoms with Crippen molar-refractivity contribution in [1.82, 2.24) is 15.5 Å². The molecule has 5 nitrogen and oxygen atoms in total. The predicted octanol–water partition coefficient (Wildman–Crippen LogP) is -0.982. The van der Waals surface area contributed by atoms with Crippen molar-refractivity contribution in [3.63, 3.8) is 0 Å². The molecule has 0 aromatic carbocycles. The molecule has 0 saturated carbocycles. The van der Waals surface area contributed by atoms with Crippen LogP contribution in [0.2, 0.25) is 0 Å². The number of aliphatic hydroxyl groups excluding tert-OH is 1. The zero-order chi connectivity index (χ0) is 12.3. The van der Waals surface area contributed by atoms with Gasteiger partial charge in [0, 0.05) is 44.8 Å². The predicted molar refractivity (Wildman–Crippen MR) is 67.1 cm³/mol. The van der Waals surface area contributed by atoms with Crippen molar-refractivity contribution in [1.29, 1.82) is 0 Å². The second kappa shape index (κ2) is 6.11. The number of hydrogen-bond donors (Lipinski definition) is 3. The molecule has 5 heteroatoms. The first-order chi connectivity index (χ1) is 8.19. The highest BCUT2D eigenvalue weighted by Crippen LogP contribution is 2.16. The Kier molecular flexibility index (Phi) is 4.76. The maximum atomic E-state index is 9.40. The van der Waals surface area contributed by atoms with Gasteiger partial charge in [-0.25, -0.2) is 0 Å².